The van der Waals surface area contributed by atoms with Crippen molar-refractivity contribution in [1.29, 1.82) is 0 Å². The van der Waals surface area contributed by atoms with Gasteiger partial charge >= 0.3 is 0 Å². The third-order valence-electron chi connectivity index (χ3n) is 3.58. The molecule has 0 bridgehead atoms. The van der Waals surface area contributed by atoms with Crippen molar-refractivity contribution in [1.82, 2.24) is 24.8 Å². The fraction of sp³-hybridized carbons (Fsp3) is 0.438. The highest BCUT2D eigenvalue weighted by atomic mass is 16.2. The van der Waals surface area contributed by atoms with E-state index in [1.54, 1.807) is 11.1 Å². The summed E-state index contributed by atoms with van der Waals surface area (Å²) in [7, 11) is 0. The summed E-state index contributed by atoms with van der Waals surface area (Å²) in [5, 5.41) is 0. The van der Waals surface area contributed by atoms with E-state index in [1.165, 1.54) is 6.20 Å². The largest absolute Gasteiger partial charge is 0.327 e. The highest BCUT2D eigenvalue weighted by molar-refractivity contribution is 5.92. The quantitative estimate of drug-likeness (QED) is 0.865. The average molecular weight is 297 g/mol. The van der Waals surface area contributed by atoms with E-state index in [0.29, 0.717) is 24.7 Å². The molecular weight excluding hydrogens is 278 g/mol. The second-order valence-electron chi connectivity index (χ2n) is 6.06. The number of aryl methyl sites for hydroxylation is 1. The monoisotopic (exact) mass is 297 g/mol. The normalized spacial score (nSPS) is 13.5. The highest BCUT2D eigenvalue weighted by Crippen LogP contribution is 2.22. The van der Waals surface area contributed by atoms with Crippen molar-refractivity contribution in [3.8, 4) is 0 Å². The average Bonchev–Trinajstić information content (AvgIpc) is 2.90. The van der Waals surface area contributed by atoms with Crippen molar-refractivity contribution in [2.75, 3.05) is 0 Å². The first-order valence-electron chi connectivity index (χ1n) is 7.44. The summed E-state index contributed by atoms with van der Waals surface area (Å²) >= 11 is 0. The van der Waals surface area contributed by atoms with E-state index in [1.807, 2.05) is 13.1 Å². The van der Waals surface area contributed by atoms with Crippen molar-refractivity contribution < 1.29 is 4.79 Å². The molecule has 0 N–H and O–H groups in total. The van der Waals surface area contributed by atoms with E-state index < -0.39 is 0 Å². The van der Waals surface area contributed by atoms with Gasteiger partial charge in [-0.05, 0) is 12.8 Å². The van der Waals surface area contributed by atoms with Gasteiger partial charge in [-0.2, -0.15) is 0 Å². The molecule has 0 saturated carbocycles. The van der Waals surface area contributed by atoms with Gasteiger partial charge in [-0.25, -0.2) is 15.0 Å². The number of fused-ring (bicyclic) bond motifs is 1. The van der Waals surface area contributed by atoms with Crippen LogP contribution in [0.1, 0.15) is 47.1 Å². The highest BCUT2D eigenvalue weighted by Gasteiger charge is 2.27. The number of hydrogen-bond donors (Lipinski definition) is 0. The fourth-order valence-electron chi connectivity index (χ4n) is 2.47. The summed E-state index contributed by atoms with van der Waals surface area (Å²) in [5.41, 5.74) is 3.12. The van der Waals surface area contributed by atoms with Crippen LogP contribution in [0.15, 0.2) is 18.6 Å². The topological polar surface area (TPSA) is 71.9 Å². The first-order chi connectivity index (χ1) is 10.5. The Morgan fingerprint density at radius 2 is 2.00 bits per heavy atom. The van der Waals surface area contributed by atoms with E-state index in [0.717, 1.165) is 29.2 Å². The summed E-state index contributed by atoms with van der Waals surface area (Å²) in [4.78, 5) is 31.5. The van der Waals surface area contributed by atoms with Gasteiger partial charge in [0.05, 0.1) is 24.1 Å². The Bertz CT molecular complexity index is 696. The van der Waals surface area contributed by atoms with Crippen molar-refractivity contribution in [3.05, 3.63) is 47.1 Å². The third kappa shape index (κ3) is 2.95. The van der Waals surface area contributed by atoms with E-state index in [2.05, 4.69) is 33.8 Å². The molecule has 0 radical (unpaired) electrons. The molecule has 6 nitrogen and oxygen atoms in total. The van der Waals surface area contributed by atoms with Crippen molar-refractivity contribution in [2.24, 2.45) is 5.92 Å². The second kappa shape index (κ2) is 5.79. The van der Waals surface area contributed by atoms with Gasteiger partial charge in [-0.15, -0.1) is 0 Å². The minimum Gasteiger partial charge on any atom is -0.327 e. The Hall–Kier alpha value is -2.37. The SMILES string of the molecule is Cc1cnc(C(=O)N2Cc3cnc(CC(C)C)nc3C2)cn1. The van der Waals surface area contributed by atoms with Crippen LogP contribution in [0.3, 0.4) is 0 Å². The van der Waals surface area contributed by atoms with Crippen molar-refractivity contribution in [2.45, 2.75) is 40.3 Å². The molecular formula is C16H19N5O. The number of carbonyl (C=O) groups is 1. The molecule has 0 spiro atoms. The molecule has 0 fully saturated rings. The van der Waals surface area contributed by atoms with Gasteiger partial charge in [0.15, 0.2) is 0 Å². The minimum atomic E-state index is -0.115. The van der Waals surface area contributed by atoms with E-state index in [9.17, 15) is 4.79 Å². The molecule has 1 amide bonds. The third-order valence-corrected chi connectivity index (χ3v) is 3.58. The molecule has 0 unspecified atom stereocenters. The predicted molar refractivity (Wildman–Crippen MR) is 80.9 cm³/mol. The molecule has 1 aliphatic rings. The van der Waals surface area contributed by atoms with Crippen molar-refractivity contribution in [3.63, 3.8) is 0 Å². The smallest absolute Gasteiger partial charge is 0.274 e. The number of aromatic nitrogens is 4. The Balaban J connectivity index is 1.76. The van der Waals surface area contributed by atoms with Crippen LogP contribution in [0.4, 0.5) is 0 Å². The first kappa shape index (κ1) is 14.6. The molecule has 0 aliphatic carbocycles. The standard InChI is InChI=1S/C16H19N5O/c1-10(2)4-15-19-6-12-8-21(9-14(12)20-15)16(22)13-7-17-11(3)5-18-13/h5-7,10H,4,8-9H2,1-3H3. The zero-order valence-corrected chi connectivity index (χ0v) is 13.1. The summed E-state index contributed by atoms with van der Waals surface area (Å²) in [6.45, 7) is 7.17. The van der Waals surface area contributed by atoms with Crippen LogP contribution in [-0.2, 0) is 19.5 Å². The molecule has 2 aromatic heterocycles. The van der Waals surface area contributed by atoms with Crippen LogP contribution >= 0.6 is 0 Å². The van der Waals surface area contributed by atoms with Gasteiger partial charge in [-0.1, -0.05) is 13.8 Å². The molecule has 114 valence electrons. The van der Waals surface area contributed by atoms with Gasteiger partial charge in [0.1, 0.15) is 11.5 Å². The Labute approximate surface area is 129 Å². The first-order valence-corrected chi connectivity index (χ1v) is 7.44. The van der Waals surface area contributed by atoms with Gasteiger partial charge in [0.25, 0.3) is 5.91 Å². The van der Waals surface area contributed by atoms with E-state index in [-0.39, 0.29) is 5.91 Å². The molecule has 3 heterocycles. The molecule has 3 rings (SSSR count). The maximum atomic E-state index is 12.5. The lowest BCUT2D eigenvalue weighted by Gasteiger charge is -2.13. The Kier molecular flexibility index (Phi) is 3.83. The van der Waals surface area contributed by atoms with Gasteiger partial charge < -0.3 is 4.90 Å². The number of rotatable bonds is 3. The van der Waals surface area contributed by atoms with Gasteiger partial charge in [0, 0.05) is 30.9 Å². The lowest BCUT2D eigenvalue weighted by Crippen LogP contribution is -2.26. The predicted octanol–water partition coefficient (Wildman–Crippen LogP) is 1.93. The maximum absolute atomic E-state index is 12.5. The van der Waals surface area contributed by atoms with Crippen LogP contribution in [0.2, 0.25) is 0 Å². The summed E-state index contributed by atoms with van der Waals surface area (Å²) in [5.74, 6) is 1.24. The van der Waals surface area contributed by atoms with Crippen LogP contribution in [0.5, 0.6) is 0 Å². The van der Waals surface area contributed by atoms with Crippen LogP contribution in [0.25, 0.3) is 0 Å². The lowest BCUT2D eigenvalue weighted by atomic mass is 10.1. The molecule has 1 aliphatic heterocycles. The number of hydrogen-bond acceptors (Lipinski definition) is 5. The molecule has 0 aromatic carbocycles. The van der Waals surface area contributed by atoms with Gasteiger partial charge in [0.2, 0.25) is 0 Å². The number of nitrogens with zero attached hydrogens (tertiary/aromatic N) is 5. The zero-order valence-electron chi connectivity index (χ0n) is 13.1. The molecule has 22 heavy (non-hydrogen) atoms. The molecule has 2 aromatic rings. The van der Waals surface area contributed by atoms with Crippen LogP contribution in [0, 0.1) is 12.8 Å². The van der Waals surface area contributed by atoms with Crippen molar-refractivity contribution >= 4 is 5.91 Å². The van der Waals surface area contributed by atoms with Crippen LogP contribution < -0.4 is 0 Å². The Morgan fingerprint density at radius 1 is 1.18 bits per heavy atom. The number of amides is 1. The number of carbonyl (C=O) groups excluding carboxylic acids is 1. The minimum absolute atomic E-state index is 0.115. The molecule has 6 heteroatoms. The Morgan fingerprint density at radius 3 is 2.68 bits per heavy atom. The molecule has 0 atom stereocenters. The summed E-state index contributed by atoms with van der Waals surface area (Å²) in [6.07, 6.45) is 5.83. The van der Waals surface area contributed by atoms with Crippen LogP contribution in [-0.4, -0.2) is 30.7 Å². The van der Waals surface area contributed by atoms with Gasteiger partial charge in [-0.3, -0.25) is 9.78 Å². The lowest BCUT2D eigenvalue weighted by molar-refractivity contribution is 0.0744. The zero-order chi connectivity index (χ0) is 15.7. The fourth-order valence-corrected chi connectivity index (χ4v) is 2.47. The van der Waals surface area contributed by atoms with E-state index >= 15 is 0 Å². The summed E-state index contributed by atoms with van der Waals surface area (Å²) < 4.78 is 0. The molecule has 0 saturated heterocycles. The maximum Gasteiger partial charge on any atom is 0.274 e. The second-order valence-corrected chi connectivity index (χ2v) is 6.06. The van der Waals surface area contributed by atoms with E-state index in [4.69, 9.17) is 0 Å². The summed E-state index contributed by atoms with van der Waals surface area (Å²) in [6, 6.07) is 0.